The first kappa shape index (κ1) is 13.5. The average Bonchev–Trinajstić information content (AvgIpc) is 2.81. The van der Waals surface area contributed by atoms with Crippen LogP contribution in [0.1, 0.15) is 18.2 Å². The number of anilines is 2. The first-order valence-electron chi connectivity index (χ1n) is 5.93. The van der Waals surface area contributed by atoms with Gasteiger partial charge in [-0.15, -0.1) is 11.3 Å². The molecule has 0 unspecified atom stereocenters. The number of nitrogens with zero attached hydrogens (tertiary/aromatic N) is 2. The minimum atomic E-state index is -0.352. The maximum atomic E-state index is 10.7. The summed E-state index contributed by atoms with van der Waals surface area (Å²) in [7, 11) is 0. The molecule has 0 aliphatic heterocycles. The topological polar surface area (TPSA) is 119 Å². The lowest BCUT2D eigenvalue weighted by molar-refractivity contribution is -0.117. The fourth-order valence-electron chi connectivity index (χ4n) is 1.65. The van der Waals surface area contributed by atoms with E-state index < -0.39 is 0 Å². The van der Waals surface area contributed by atoms with Crippen LogP contribution in [0, 0.1) is 0 Å². The van der Waals surface area contributed by atoms with Crippen LogP contribution in [-0.2, 0) is 11.2 Å². The number of thiophene rings is 1. The third-order valence-corrected chi connectivity index (χ3v) is 3.76. The second-order valence-corrected chi connectivity index (χ2v) is 5.08. The zero-order valence-corrected chi connectivity index (χ0v) is 11.4. The number of nitrogens with two attached hydrogens (primary N) is 2. The molecule has 8 heteroatoms. The standard InChI is InChI=1S/C11H16N6OS/c1-2-6-5-7-9(14-4-3-8(12)18)15-11(17-13)16-10(7)19-6/h5H,2-4,13H2,1H3,(H2,12,18)(H2,14,15,16,17). The highest BCUT2D eigenvalue weighted by molar-refractivity contribution is 7.18. The third kappa shape index (κ3) is 3.09. The Balaban J connectivity index is 2.33. The summed E-state index contributed by atoms with van der Waals surface area (Å²) in [5, 5.41) is 4.03. The number of carbonyl (C=O) groups is 1. The average molecular weight is 280 g/mol. The van der Waals surface area contributed by atoms with E-state index in [1.165, 1.54) is 4.88 Å². The molecule has 1 amide bonds. The summed E-state index contributed by atoms with van der Waals surface area (Å²) >= 11 is 1.60. The Morgan fingerprint density at radius 2 is 2.26 bits per heavy atom. The summed E-state index contributed by atoms with van der Waals surface area (Å²) in [5.41, 5.74) is 7.55. The van der Waals surface area contributed by atoms with Crippen molar-refractivity contribution in [2.45, 2.75) is 19.8 Å². The summed E-state index contributed by atoms with van der Waals surface area (Å²) in [6, 6.07) is 2.05. The fourth-order valence-corrected chi connectivity index (χ4v) is 2.62. The number of fused-ring (bicyclic) bond motifs is 1. The number of hydrazine groups is 1. The van der Waals surface area contributed by atoms with Gasteiger partial charge in [-0.25, -0.2) is 10.8 Å². The van der Waals surface area contributed by atoms with Gasteiger partial charge in [0.05, 0.1) is 5.39 Å². The summed E-state index contributed by atoms with van der Waals surface area (Å²) < 4.78 is 0. The highest BCUT2D eigenvalue weighted by atomic mass is 32.1. The second kappa shape index (κ2) is 5.81. The summed E-state index contributed by atoms with van der Waals surface area (Å²) in [6.45, 7) is 2.52. The Labute approximate surface area is 114 Å². The highest BCUT2D eigenvalue weighted by Gasteiger charge is 2.10. The second-order valence-electron chi connectivity index (χ2n) is 3.97. The zero-order valence-electron chi connectivity index (χ0n) is 10.6. The van der Waals surface area contributed by atoms with Crippen LogP contribution < -0.4 is 22.3 Å². The predicted molar refractivity (Wildman–Crippen MR) is 76.9 cm³/mol. The molecule has 0 bridgehead atoms. The smallest absolute Gasteiger partial charge is 0.240 e. The SMILES string of the molecule is CCc1cc2c(NCCC(N)=O)nc(NN)nc2s1. The van der Waals surface area contributed by atoms with Gasteiger partial charge in [-0.05, 0) is 12.5 Å². The van der Waals surface area contributed by atoms with Crippen molar-refractivity contribution in [2.24, 2.45) is 11.6 Å². The van der Waals surface area contributed by atoms with Gasteiger partial charge in [0.1, 0.15) is 10.6 Å². The molecule has 0 aliphatic rings. The molecule has 102 valence electrons. The number of amides is 1. The van der Waals surface area contributed by atoms with Gasteiger partial charge >= 0.3 is 0 Å². The van der Waals surface area contributed by atoms with Crippen LogP contribution >= 0.6 is 11.3 Å². The molecule has 2 aromatic heterocycles. The van der Waals surface area contributed by atoms with Gasteiger partial charge in [0, 0.05) is 17.8 Å². The summed E-state index contributed by atoms with van der Waals surface area (Å²) in [4.78, 5) is 21.4. The van der Waals surface area contributed by atoms with Crippen molar-refractivity contribution in [3.05, 3.63) is 10.9 Å². The minimum Gasteiger partial charge on any atom is -0.370 e. The Morgan fingerprint density at radius 1 is 1.47 bits per heavy atom. The van der Waals surface area contributed by atoms with E-state index in [-0.39, 0.29) is 12.3 Å². The van der Waals surface area contributed by atoms with Gasteiger partial charge < -0.3 is 11.1 Å². The van der Waals surface area contributed by atoms with Crippen molar-refractivity contribution in [1.82, 2.24) is 9.97 Å². The number of carbonyl (C=O) groups excluding carboxylic acids is 1. The number of nitrogen functional groups attached to an aromatic ring is 1. The Bertz CT molecular complexity index is 596. The third-order valence-electron chi connectivity index (χ3n) is 2.59. The quantitative estimate of drug-likeness (QED) is 0.459. The number of aromatic nitrogens is 2. The van der Waals surface area contributed by atoms with Gasteiger partial charge in [0.15, 0.2) is 0 Å². The molecule has 2 rings (SSSR count). The molecule has 0 fully saturated rings. The molecule has 6 N–H and O–H groups in total. The van der Waals surface area contributed by atoms with Crippen molar-refractivity contribution >= 4 is 39.2 Å². The van der Waals surface area contributed by atoms with E-state index in [1.54, 1.807) is 11.3 Å². The van der Waals surface area contributed by atoms with E-state index in [0.717, 1.165) is 16.6 Å². The number of hydrogen-bond donors (Lipinski definition) is 4. The summed E-state index contributed by atoms with van der Waals surface area (Å²) in [5.74, 6) is 6.01. The van der Waals surface area contributed by atoms with Crippen molar-refractivity contribution in [3.63, 3.8) is 0 Å². The largest absolute Gasteiger partial charge is 0.370 e. The highest BCUT2D eigenvalue weighted by Crippen LogP contribution is 2.30. The lowest BCUT2D eigenvalue weighted by atomic mass is 10.3. The van der Waals surface area contributed by atoms with E-state index in [4.69, 9.17) is 11.6 Å². The van der Waals surface area contributed by atoms with Crippen LogP contribution in [-0.4, -0.2) is 22.4 Å². The fraction of sp³-hybridized carbons (Fsp3) is 0.364. The molecule has 0 radical (unpaired) electrons. The Morgan fingerprint density at radius 3 is 2.89 bits per heavy atom. The molecule has 2 aromatic rings. The number of hydrogen-bond acceptors (Lipinski definition) is 7. The van der Waals surface area contributed by atoms with Gasteiger partial charge in [-0.3, -0.25) is 10.2 Å². The zero-order chi connectivity index (χ0) is 13.8. The van der Waals surface area contributed by atoms with Crippen molar-refractivity contribution in [1.29, 1.82) is 0 Å². The first-order valence-corrected chi connectivity index (χ1v) is 6.75. The molecular weight excluding hydrogens is 264 g/mol. The molecule has 0 aromatic carbocycles. The Hall–Kier alpha value is -1.93. The number of primary amides is 1. The van der Waals surface area contributed by atoms with Gasteiger partial charge in [0.2, 0.25) is 11.9 Å². The van der Waals surface area contributed by atoms with E-state index in [1.807, 2.05) is 6.07 Å². The molecule has 0 aliphatic carbocycles. The maximum Gasteiger partial charge on any atom is 0.240 e. The minimum absolute atomic E-state index is 0.252. The van der Waals surface area contributed by atoms with Crippen LogP contribution in [0.4, 0.5) is 11.8 Å². The molecule has 19 heavy (non-hydrogen) atoms. The predicted octanol–water partition coefficient (Wildman–Crippen LogP) is 0.827. The van der Waals surface area contributed by atoms with Crippen LogP contribution in [0.25, 0.3) is 10.2 Å². The number of nitrogens with one attached hydrogen (secondary N) is 2. The molecule has 0 spiro atoms. The van der Waals surface area contributed by atoms with Crippen molar-refractivity contribution in [2.75, 3.05) is 17.3 Å². The maximum absolute atomic E-state index is 10.7. The number of aryl methyl sites for hydroxylation is 1. The van der Waals surface area contributed by atoms with E-state index in [2.05, 4.69) is 27.6 Å². The van der Waals surface area contributed by atoms with E-state index in [0.29, 0.717) is 18.3 Å². The summed E-state index contributed by atoms with van der Waals surface area (Å²) in [6.07, 6.45) is 1.19. The van der Waals surface area contributed by atoms with E-state index in [9.17, 15) is 4.79 Å². The number of rotatable bonds is 6. The van der Waals surface area contributed by atoms with Crippen LogP contribution in [0.5, 0.6) is 0 Å². The molecular formula is C11H16N6OS. The van der Waals surface area contributed by atoms with Crippen LogP contribution in [0.15, 0.2) is 6.07 Å². The molecule has 0 atom stereocenters. The van der Waals surface area contributed by atoms with Gasteiger partial charge in [-0.2, -0.15) is 4.98 Å². The van der Waals surface area contributed by atoms with Gasteiger partial charge in [0.25, 0.3) is 0 Å². The van der Waals surface area contributed by atoms with Gasteiger partial charge in [-0.1, -0.05) is 6.92 Å². The first-order chi connectivity index (χ1) is 9.13. The Kier molecular flexibility index (Phi) is 4.13. The van der Waals surface area contributed by atoms with E-state index >= 15 is 0 Å². The molecule has 7 nitrogen and oxygen atoms in total. The molecule has 0 saturated carbocycles. The molecule has 2 heterocycles. The van der Waals surface area contributed by atoms with Crippen molar-refractivity contribution in [3.8, 4) is 0 Å². The lowest BCUT2D eigenvalue weighted by Gasteiger charge is -2.07. The lowest BCUT2D eigenvalue weighted by Crippen LogP contribution is -2.17. The normalized spacial score (nSPS) is 10.6. The van der Waals surface area contributed by atoms with Crippen LogP contribution in [0.3, 0.4) is 0 Å². The van der Waals surface area contributed by atoms with Crippen LogP contribution in [0.2, 0.25) is 0 Å². The molecule has 0 saturated heterocycles. The monoisotopic (exact) mass is 280 g/mol. The van der Waals surface area contributed by atoms with Crippen molar-refractivity contribution < 1.29 is 4.79 Å².